The Morgan fingerprint density at radius 2 is 1.89 bits per heavy atom. The molecule has 1 unspecified atom stereocenters. The fraction of sp³-hybridized carbons (Fsp3) is 0.438. The van der Waals surface area contributed by atoms with Crippen LogP contribution in [0.15, 0.2) is 36.0 Å². The number of aromatic nitrogens is 1. The molecule has 0 radical (unpaired) electrons. The largest absolute Gasteiger partial charge is 0.306 e. The van der Waals surface area contributed by atoms with Crippen molar-refractivity contribution in [1.82, 2.24) is 10.3 Å². The van der Waals surface area contributed by atoms with Crippen LogP contribution in [0.4, 0.5) is 0 Å². The van der Waals surface area contributed by atoms with E-state index in [0.29, 0.717) is 0 Å². The third-order valence-electron chi connectivity index (χ3n) is 3.25. The molecule has 2 nitrogen and oxygen atoms in total. The highest BCUT2D eigenvalue weighted by Crippen LogP contribution is 2.28. The second-order valence-corrected chi connectivity index (χ2v) is 6.68. The normalized spacial score (nSPS) is 13.5. The minimum absolute atomic E-state index is 0.205. The summed E-state index contributed by atoms with van der Waals surface area (Å²) in [6, 6.07) is 9.19. The first kappa shape index (κ1) is 14.2. The van der Waals surface area contributed by atoms with Crippen molar-refractivity contribution in [2.45, 2.75) is 39.2 Å². The summed E-state index contributed by atoms with van der Waals surface area (Å²) in [5, 5.41) is 3.53. The van der Waals surface area contributed by atoms with Gasteiger partial charge in [-0.15, -0.1) is 11.3 Å². The molecule has 19 heavy (non-hydrogen) atoms. The first-order valence-electron chi connectivity index (χ1n) is 6.74. The average molecular weight is 274 g/mol. The van der Waals surface area contributed by atoms with Crippen molar-refractivity contribution in [2.24, 2.45) is 0 Å². The Balaban J connectivity index is 2.28. The third kappa shape index (κ3) is 3.43. The Kier molecular flexibility index (Phi) is 4.38. The summed E-state index contributed by atoms with van der Waals surface area (Å²) in [5.41, 5.74) is 4.77. The van der Waals surface area contributed by atoms with E-state index in [9.17, 15) is 0 Å². The standard InChI is InChI=1S/C16H22N2S/c1-5-18-15(14-10-17-11-19-14)12-6-8-13(9-7-12)16(2,3)4/h6-11,15,18H,5H2,1-4H3. The molecule has 1 aromatic heterocycles. The second kappa shape index (κ2) is 5.85. The summed E-state index contributed by atoms with van der Waals surface area (Å²) in [5.74, 6) is 0. The van der Waals surface area contributed by atoms with E-state index in [2.05, 4.69) is 62.3 Å². The van der Waals surface area contributed by atoms with Gasteiger partial charge in [0.05, 0.1) is 11.6 Å². The second-order valence-electron chi connectivity index (χ2n) is 5.77. The molecule has 0 spiro atoms. The van der Waals surface area contributed by atoms with Crippen LogP contribution >= 0.6 is 11.3 Å². The van der Waals surface area contributed by atoms with Crippen LogP contribution in [-0.2, 0) is 5.41 Å². The van der Waals surface area contributed by atoms with Gasteiger partial charge in [0.25, 0.3) is 0 Å². The predicted octanol–water partition coefficient (Wildman–Crippen LogP) is 4.14. The van der Waals surface area contributed by atoms with Crippen molar-refractivity contribution in [2.75, 3.05) is 6.54 Å². The Bertz CT molecular complexity index is 495. The summed E-state index contributed by atoms with van der Waals surface area (Å²) < 4.78 is 0. The van der Waals surface area contributed by atoms with Crippen molar-refractivity contribution >= 4 is 11.3 Å². The molecule has 1 atom stereocenters. The third-order valence-corrected chi connectivity index (χ3v) is 4.09. The number of nitrogens with one attached hydrogen (secondary N) is 1. The van der Waals surface area contributed by atoms with Gasteiger partial charge in [-0.3, -0.25) is 4.98 Å². The lowest BCUT2D eigenvalue weighted by Crippen LogP contribution is -2.21. The molecule has 0 aliphatic rings. The predicted molar refractivity (Wildman–Crippen MR) is 82.8 cm³/mol. The topological polar surface area (TPSA) is 24.9 Å². The van der Waals surface area contributed by atoms with Crippen LogP contribution in [0.25, 0.3) is 0 Å². The van der Waals surface area contributed by atoms with Crippen LogP contribution in [-0.4, -0.2) is 11.5 Å². The van der Waals surface area contributed by atoms with Crippen molar-refractivity contribution in [3.05, 3.63) is 52.0 Å². The zero-order valence-corrected chi connectivity index (χ0v) is 12.9. The lowest BCUT2D eigenvalue weighted by molar-refractivity contribution is 0.588. The van der Waals surface area contributed by atoms with Crippen molar-refractivity contribution in [3.8, 4) is 0 Å². The lowest BCUT2D eigenvalue weighted by Gasteiger charge is -2.21. The van der Waals surface area contributed by atoms with E-state index in [1.54, 1.807) is 11.3 Å². The molecule has 1 heterocycles. The molecule has 0 aliphatic heterocycles. The number of rotatable bonds is 4. The maximum Gasteiger partial charge on any atom is 0.0794 e. The van der Waals surface area contributed by atoms with Gasteiger partial charge in [-0.05, 0) is 23.1 Å². The molecule has 2 rings (SSSR count). The molecule has 0 amide bonds. The number of thiazole rings is 1. The summed E-state index contributed by atoms with van der Waals surface area (Å²) >= 11 is 1.70. The van der Waals surface area contributed by atoms with E-state index >= 15 is 0 Å². The summed E-state index contributed by atoms with van der Waals surface area (Å²) in [6.07, 6.45) is 1.95. The molecule has 0 aliphatic carbocycles. The van der Waals surface area contributed by atoms with Crippen LogP contribution in [0.3, 0.4) is 0 Å². The number of hydrogen-bond donors (Lipinski definition) is 1. The maximum atomic E-state index is 4.19. The quantitative estimate of drug-likeness (QED) is 0.906. The fourth-order valence-corrected chi connectivity index (χ4v) is 2.85. The van der Waals surface area contributed by atoms with Crippen molar-refractivity contribution < 1.29 is 0 Å². The monoisotopic (exact) mass is 274 g/mol. The van der Waals surface area contributed by atoms with Gasteiger partial charge in [-0.1, -0.05) is 52.0 Å². The molecule has 0 saturated heterocycles. The van der Waals surface area contributed by atoms with Crippen LogP contribution < -0.4 is 5.32 Å². The van der Waals surface area contributed by atoms with Gasteiger partial charge in [0.2, 0.25) is 0 Å². The zero-order valence-electron chi connectivity index (χ0n) is 12.1. The average Bonchev–Trinajstić information content (AvgIpc) is 2.89. The van der Waals surface area contributed by atoms with Gasteiger partial charge in [0.1, 0.15) is 0 Å². The SMILES string of the molecule is CCNC(c1ccc(C(C)(C)C)cc1)c1cncs1. The summed E-state index contributed by atoms with van der Waals surface area (Å²) in [4.78, 5) is 5.46. The van der Waals surface area contributed by atoms with Crippen molar-refractivity contribution in [1.29, 1.82) is 0 Å². The van der Waals surface area contributed by atoms with E-state index in [-0.39, 0.29) is 11.5 Å². The lowest BCUT2D eigenvalue weighted by atomic mass is 9.86. The minimum Gasteiger partial charge on any atom is -0.306 e. The van der Waals surface area contributed by atoms with Crippen molar-refractivity contribution in [3.63, 3.8) is 0 Å². The van der Waals surface area contributed by atoms with E-state index < -0.39 is 0 Å². The Hall–Kier alpha value is -1.19. The fourth-order valence-electron chi connectivity index (χ4n) is 2.13. The van der Waals surface area contributed by atoms with Crippen LogP contribution in [0.1, 0.15) is 49.7 Å². The number of benzene rings is 1. The van der Waals surface area contributed by atoms with Gasteiger partial charge in [-0.2, -0.15) is 0 Å². The van der Waals surface area contributed by atoms with E-state index in [1.165, 1.54) is 16.0 Å². The molecule has 3 heteroatoms. The summed E-state index contributed by atoms with van der Waals surface area (Å²) in [6.45, 7) is 9.81. The van der Waals surface area contributed by atoms with Crippen LogP contribution in [0, 0.1) is 0 Å². The molecular weight excluding hydrogens is 252 g/mol. The molecule has 2 aromatic rings. The summed E-state index contributed by atoms with van der Waals surface area (Å²) in [7, 11) is 0. The van der Waals surface area contributed by atoms with Gasteiger partial charge in [-0.25, -0.2) is 0 Å². The number of nitrogens with zero attached hydrogens (tertiary/aromatic N) is 1. The van der Waals surface area contributed by atoms with Gasteiger partial charge < -0.3 is 5.32 Å². The van der Waals surface area contributed by atoms with Gasteiger partial charge in [0.15, 0.2) is 0 Å². The van der Waals surface area contributed by atoms with Crippen LogP contribution in [0.5, 0.6) is 0 Å². The molecule has 1 N–H and O–H groups in total. The zero-order chi connectivity index (χ0) is 13.9. The van der Waals surface area contributed by atoms with Crippen LogP contribution in [0.2, 0.25) is 0 Å². The maximum absolute atomic E-state index is 4.19. The first-order valence-corrected chi connectivity index (χ1v) is 7.62. The Morgan fingerprint density at radius 3 is 2.37 bits per heavy atom. The highest BCUT2D eigenvalue weighted by atomic mass is 32.1. The minimum atomic E-state index is 0.205. The number of hydrogen-bond acceptors (Lipinski definition) is 3. The smallest absolute Gasteiger partial charge is 0.0794 e. The van der Waals surface area contributed by atoms with Gasteiger partial charge in [0, 0.05) is 11.1 Å². The van der Waals surface area contributed by atoms with E-state index in [4.69, 9.17) is 0 Å². The molecule has 0 saturated carbocycles. The highest BCUT2D eigenvalue weighted by Gasteiger charge is 2.17. The molecule has 102 valence electrons. The highest BCUT2D eigenvalue weighted by molar-refractivity contribution is 7.09. The molecule has 0 bridgehead atoms. The van der Waals surface area contributed by atoms with Gasteiger partial charge >= 0.3 is 0 Å². The first-order chi connectivity index (χ1) is 9.02. The molecular formula is C16H22N2S. The van der Waals surface area contributed by atoms with E-state index in [1.807, 2.05) is 11.7 Å². The molecule has 0 fully saturated rings. The van der Waals surface area contributed by atoms with E-state index in [0.717, 1.165) is 6.54 Å². The Labute approximate surface area is 119 Å². The molecule has 1 aromatic carbocycles. The Morgan fingerprint density at radius 1 is 1.21 bits per heavy atom.